The van der Waals surface area contributed by atoms with Crippen molar-refractivity contribution >= 4 is 11.5 Å². The molecule has 5 heteroatoms. The number of aromatic nitrogens is 4. The van der Waals surface area contributed by atoms with Crippen molar-refractivity contribution in [3.8, 4) is 5.95 Å². The molecule has 25 heavy (non-hydrogen) atoms. The highest BCUT2D eigenvalue weighted by Gasteiger charge is 2.09. The van der Waals surface area contributed by atoms with Crippen molar-refractivity contribution in [1.29, 1.82) is 0 Å². The summed E-state index contributed by atoms with van der Waals surface area (Å²) in [6.07, 6.45) is 3.57. The molecule has 1 aromatic carbocycles. The van der Waals surface area contributed by atoms with Crippen molar-refractivity contribution in [2.75, 3.05) is 5.32 Å². The normalized spacial score (nSPS) is 10.9. The fourth-order valence-corrected chi connectivity index (χ4v) is 2.83. The summed E-state index contributed by atoms with van der Waals surface area (Å²) in [4.78, 5) is 9.14. The third-order valence-corrected chi connectivity index (χ3v) is 4.09. The summed E-state index contributed by atoms with van der Waals surface area (Å²) in [6.45, 7) is 8.16. The first-order valence-electron chi connectivity index (χ1n) is 8.80. The van der Waals surface area contributed by atoms with Crippen LogP contribution in [0.5, 0.6) is 0 Å². The summed E-state index contributed by atoms with van der Waals surface area (Å²) < 4.78 is 1.78. The minimum atomic E-state index is 0.590. The molecule has 0 atom stereocenters. The van der Waals surface area contributed by atoms with E-state index in [0.717, 1.165) is 35.0 Å². The second kappa shape index (κ2) is 7.47. The summed E-state index contributed by atoms with van der Waals surface area (Å²) in [6, 6.07) is 12.5. The quantitative estimate of drug-likeness (QED) is 0.711. The molecule has 0 spiro atoms. The van der Waals surface area contributed by atoms with Crippen LogP contribution >= 0.6 is 0 Å². The maximum Gasteiger partial charge on any atom is 0.252 e. The average molecular weight is 335 g/mol. The van der Waals surface area contributed by atoms with Gasteiger partial charge in [-0.2, -0.15) is 10.1 Å². The van der Waals surface area contributed by atoms with Gasteiger partial charge in [-0.15, -0.1) is 0 Å². The fraction of sp³-hybridized carbons (Fsp3) is 0.350. The van der Waals surface area contributed by atoms with Gasteiger partial charge in [-0.05, 0) is 57.4 Å². The van der Waals surface area contributed by atoms with E-state index in [1.165, 1.54) is 18.4 Å². The van der Waals surface area contributed by atoms with Crippen LogP contribution in [0, 0.1) is 20.8 Å². The SMILES string of the molecule is CCCCc1ccc(Nc2cc(C)nc(-n3nc(C)cc3C)n2)cc1. The predicted octanol–water partition coefficient (Wildman–Crippen LogP) is 4.67. The Morgan fingerprint density at radius 2 is 1.72 bits per heavy atom. The van der Waals surface area contributed by atoms with Crippen LogP contribution < -0.4 is 5.32 Å². The highest BCUT2D eigenvalue weighted by Crippen LogP contribution is 2.18. The first-order valence-corrected chi connectivity index (χ1v) is 8.80. The highest BCUT2D eigenvalue weighted by molar-refractivity contribution is 5.57. The van der Waals surface area contributed by atoms with Gasteiger partial charge in [0.25, 0.3) is 5.95 Å². The molecule has 1 N–H and O–H groups in total. The Balaban J connectivity index is 1.82. The van der Waals surface area contributed by atoms with Gasteiger partial charge in [0.1, 0.15) is 5.82 Å². The molecule has 2 aromatic heterocycles. The lowest BCUT2D eigenvalue weighted by molar-refractivity contribution is 0.770. The molecule has 0 fully saturated rings. The highest BCUT2D eigenvalue weighted by atomic mass is 15.4. The Bertz CT molecular complexity index is 849. The number of anilines is 2. The molecular weight excluding hydrogens is 310 g/mol. The molecule has 0 radical (unpaired) electrons. The summed E-state index contributed by atoms with van der Waals surface area (Å²) in [5.41, 5.74) is 5.28. The molecule has 2 heterocycles. The van der Waals surface area contributed by atoms with E-state index >= 15 is 0 Å². The summed E-state index contributed by atoms with van der Waals surface area (Å²) in [5.74, 6) is 1.36. The number of unbranched alkanes of at least 4 members (excludes halogenated alkanes) is 1. The minimum absolute atomic E-state index is 0.590. The van der Waals surface area contributed by atoms with Crippen LogP contribution in [-0.2, 0) is 6.42 Å². The van der Waals surface area contributed by atoms with E-state index in [1.807, 2.05) is 32.9 Å². The topological polar surface area (TPSA) is 55.6 Å². The number of benzene rings is 1. The Morgan fingerprint density at radius 3 is 2.36 bits per heavy atom. The molecule has 0 aliphatic carbocycles. The molecule has 130 valence electrons. The van der Waals surface area contributed by atoms with Gasteiger partial charge < -0.3 is 5.32 Å². The molecule has 0 saturated heterocycles. The monoisotopic (exact) mass is 335 g/mol. The van der Waals surface area contributed by atoms with Gasteiger partial charge in [-0.25, -0.2) is 9.67 Å². The third kappa shape index (κ3) is 4.24. The van der Waals surface area contributed by atoms with Gasteiger partial charge >= 0.3 is 0 Å². The maximum atomic E-state index is 4.62. The van der Waals surface area contributed by atoms with E-state index in [-0.39, 0.29) is 0 Å². The molecule has 0 saturated carbocycles. The zero-order chi connectivity index (χ0) is 17.8. The number of nitrogens with one attached hydrogen (secondary N) is 1. The van der Waals surface area contributed by atoms with E-state index in [9.17, 15) is 0 Å². The summed E-state index contributed by atoms with van der Waals surface area (Å²) in [5, 5.41) is 7.85. The van der Waals surface area contributed by atoms with Gasteiger partial charge in [0.05, 0.1) is 5.69 Å². The van der Waals surface area contributed by atoms with Crippen molar-refractivity contribution in [3.63, 3.8) is 0 Å². The van der Waals surface area contributed by atoms with Crippen LogP contribution in [-0.4, -0.2) is 19.7 Å². The molecule has 0 aliphatic heterocycles. The number of aryl methyl sites for hydroxylation is 4. The van der Waals surface area contributed by atoms with Crippen molar-refractivity contribution < 1.29 is 0 Å². The average Bonchev–Trinajstić information content (AvgIpc) is 2.92. The van der Waals surface area contributed by atoms with Crippen molar-refractivity contribution in [3.05, 3.63) is 59.0 Å². The van der Waals surface area contributed by atoms with Gasteiger partial charge in [0.15, 0.2) is 0 Å². The maximum absolute atomic E-state index is 4.62. The zero-order valence-corrected chi connectivity index (χ0v) is 15.4. The number of hydrogen-bond donors (Lipinski definition) is 1. The molecule has 5 nitrogen and oxygen atoms in total. The zero-order valence-electron chi connectivity index (χ0n) is 15.4. The number of rotatable bonds is 6. The smallest absolute Gasteiger partial charge is 0.252 e. The van der Waals surface area contributed by atoms with E-state index in [2.05, 4.69) is 51.6 Å². The molecule has 0 amide bonds. The van der Waals surface area contributed by atoms with Crippen LogP contribution in [0.4, 0.5) is 11.5 Å². The molecule has 3 aromatic rings. The Morgan fingerprint density at radius 1 is 0.960 bits per heavy atom. The van der Waals surface area contributed by atoms with Crippen molar-refractivity contribution in [2.45, 2.75) is 47.0 Å². The van der Waals surface area contributed by atoms with Crippen LogP contribution in [0.3, 0.4) is 0 Å². The summed E-state index contributed by atoms with van der Waals surface area (Å²) in [7, 11) is 0. The minimum Gasteiger partial charge on any atom is -0.340 e. The lowest BCUT2D eigenvalue weighted by Gasteiger charge is -2.10. The van der Waals surface area contributed by atoms with Gasteiger partial charge in [-0.1, -0.05) is 25.5 Å². The van der Waals surface area contributed by atoms with Crippen LogP contribution in [0.2, 0.25) is 0 Å². The van der Waals surface area contributed by atoms with Crippen molar-refractivity contribution in [1.82, 2.24) is 19.7 Å². The molecule has 0 aliphatic rings. The van der Waals surface area contributed by atoms with Crippen molar-refractivity contribution in [2.24, 2.45) is 0 Å². The largest absolute Gasteiger partial charge is 0.340 e. The first-order chi connectivity index (χ1) is 12.0. The Kier molecular flexibility index (Phi) is 5.12. The van der Waals surface area contributed by atoms with Gasteiger partial charge in [0.2, 0.25) is 0 Å². The van der Waals surface area contributed by atoms with Crippen LogP contribution in [0.15, 0.2) is 36.4 Å². The lowest BCUT2D eigenvalue weighted by Crippen LogP contribution is -2.08. The van der Waals surface area contributed by atoms with Gasteiger partial charge in [0, 0.05) is 23.1 Å². The lowest BCUT2D eigenvalue weighted by atomic mass is 10.1. The number of nitrogens with zero attached hydrogens (tertiary/aromatic N) is 4. The second-order valence-electron chi connectivity index (χ2n) is 6.46. The third-order valence-electron chi connectivity index (χ3n) is 4.09. The first kappa shape index (κ1) is 17.1. The van der Waals surface area contributed by atoms with E-state index in [1.54, 1.807) is 4.68 Å². The number of hydrogen-bond acceptors (Lipinski definition) is 4. The molecule has 0 unspecified atom stereocenters. The van der Waals surface area contributed by atoms with Gasteiger partial charge in [-0.3, -0.25) is 0 Å². The molecule has 3 rings (SSSR count). The predicted molar refractivity (Wildman–Crippen MR) is 102 cm³/mol. The fourth-order valence-electron chi connectivity index (χ4n) is 2.83. The van der Waals surface area contributed by atoms with Crippen LogP contribution in [0.1, 0.15) is 42.4 Å². The summed E-state index contributed by atoms with van der Waals surface area (Å²) >= 11 is 0. The Hall–Kier alpha value is -2.69. The Labute approximate surface area is 149 Å². The second-order valence-corrected chi connectivity index (χ2v) is 6.46. The molecular formula is C20H25N5. The van der Waals surface area contributed by atoms with E-state index in [0.29, 0.717) is 5.95 Å². The standard InChI is InChI=1S/C20H25N5/c1-5-6-7-17-8-10-18(11-9-17)22-19-13-14(2)21-20(23-19)25-16(4)12-15(3)24-25/h8-13H,5-7H2,1-4H3,(H,21,22,23). The van der Waals surface area contributed by atoms with Crippen LogP contribution in [0.25, 0.3) is 5.95 Å². The van der Waals surface area contributed by atoms with E-state index < -0.39 is 0 Å². The van der Waals surface area contributed by atoms with E-state index in [4.69, 9.17) is 0 Å². The molecule has 0 bridgehead atoms.